The van der Waals surface area contributed by atoms with Crippen molar-refractivity contribution >= 4 is 69.3 Å². The summed E-state index contributed by atoms with van der Waals surface area (Å²) in [6.45, 7) is 0. The Hall–Kier alpha value is -9.07. The Bertz CT molecular complexity index is 3770. The van der Waals surface area contributed by atoms with Gasteiger partial charge in [0, 0.05) is 64.2 Å². The Morgan fingerprint density at radius 1 is 0.561 bits per heavy atom. The molecule has 406 valence electrons. The summed E-state index contributed by atoms with van der Waals surface area (Å²) in [6.07, 6.45) is 43.5. The van der Waals surface area contributed by atoms with Gasteiger partial charge in [-0.2, -0.15) is 0 Å². The van der Waals surface area contributed by atoms with Gasteiger partial charge in [-0.25, -0.2) is 4.79 Å². The van der Waals surface area contributed by atoms with Crippen molar-refractivity contribution in [2.75, 3.05) is 15.1 Å². The van der Waals surface area contributed by atoms with Crippen LogP contribution in [-0.2, 0) is 9.59 Å². The zero-order valence-corrected chi connectivity index (χ0v) is 46.2. The quantitative estimate of drug-likeness (QED) is 0.0412. The maximum Gasteiger partial charge on any atom is 0.354 e. The average Bonchev–Trinajstić information content (AvgIpc) is 3.76. The number of carbonyl (C=O) groups excluding carboxylic acids is 1. The van der Waals surface area contributed by atoms with Gasteiger partial charge >= 0.3 is 5.97 Å². The van der Waals surface area contributed by atoms with Crippen LogP contribution in [0.5, 0.6) is 0 Å². The first-order chi connectivity index (χ1) is 40.3. The summed E-state index contributed by atoms with van der Waals surface area (Å²) < 4.78 is 0. The van der Waals surface area contributed by atoms with Crippen molar-refractivity contribution in [3.63, 3.8) is 0 Å². The molecule has 6 aromatic rings. The fourth-order valence-corrected chi connectivity index (χ4v) is 14.1. The molecule has 7 heteroatoms. The number of amides is 1. The van der Waals surface area contributed by atoms with E-state index < -0.39 is 17.6 Å². The first-order valence-corrected chi connectivity index (χ1v) is 29.5. The predicted octanol–water partition coefficient (Wildman–Crippen LogP) is 17.8. The SMILES string of the molecule is N=C(C(=O)O)/C(=C/C=C(/c1ccc2c(c1)C1CCCC1N2c1ccc(/C=C(\c2ccccc2)C2C=CC=CC2)cc1)c1ccc2c(c1)C1CCCC1N2c1ccc(/C=C(/C2=CC=CCC2)C2C=CC=CC2)cc1)C(=O)Nc1ccccc1. The van der Waals surface area contributed by atoms with Gasteiger partial charge in [0.05, 0.1) is 5.57 Å². The molecule has 6 unspecified atom stereocenters. The fraction of sp³-hybridized carbons (Fsp3) is 0.213. The van der Waals surface area contributed by atoms with Crippen LogP contribution < -0.4 is 15.1 Å². The molecule has 2 saturated carbocycles. The number of hydrogen-bond acceptors (Lipinski definition) is 5. The minimum Gasteiger partial charge on any atom is -0.477 e. The molecule has 1 amide bonds. The van der Waals surface area contributed by atoms with Crippen LogP contribution in [-0.4, -0.2) is 34.8 Å². The van der Waals surface area contributed by atoms with Gasteiger partial charge in [-0.1, -0.05) is 183 Å². The van der Waals surface area contributed by atoms with Gasteiger partial charge in [0.1, 0.15) is 0 Å². The van der Waals surface area contributed by atoms with Gasteiger partial charge in [0.25, 0.3) is 5.91 Å². The van der Waals surface area contributed by atoms with Crippen molar-refractivity contribution in [1.29, 1.82) is 5.41 Å². The third-order valence-corrected chi connectivity index (χ3v) is 18.0. The highest BCUT2D eigenvalue weighted by Crippen LogP contribution is 2.55. The van der Waals surface area contributed by atoms with E-state index in [2.05, 4.69) is 209 Å². The van der Waals surface area contributed by atoms with Gasteiger partial charge in [0.15, 0.2) is 5.71 Å². The van der Waals surface area contributed by atoms with Crippen LogP contribution in [0, 0.1) is 17.2 Å². The standard InChI is InChI=1S/C75H68N4O3/c76-73(75(81)82)64(74(80)77-58-26-14-5-15-27-58)43-42-61(56-36-44-71-67(48-56)62-28-16-30-69(62)78(71)59-38-32-50(33-39-59)46-65(52-18-6-1-7-19-52)53-20-8-2-9-21-53)57-37-45-72-68(49-57)63-29-17-31-70(63)79(72)60-40-34-51(35-41-60)47-66(54-22-10-3-11-23-54)55-24-12-4-13-25-55/h1-12,14-15,18-20,22,24,26-27,32-49,53-54,62-63,69-70,76H,13,16-17,21,23,25,28-31H2,(H,77,80)(H,81,82)/b61-42-,64-43-,65-46+,66-47+,76-73?. The largest absolute Gasteiger partial charge is 0.477 e. The Kier molecular flexibility index (Phi) is 14.8. The summed E-state index contributed by atoms with van der Waals surface area (Å²) in [5, 5.41) is 21.8. The number of benzene rings is 6. The van der Waals surface area contributed by atoms with Crippen LogP contribution in [0.1, 0.15) is 115 Å². The molecule has 13 rings (SSSR count). The molecule has 7 nitrogen and oxygen atoms in total. The Balaban J connectivity index is 0.865. The summed E-state index contributed by atoms with van der Waals surface area (Å²) in [7, 11) is 0. The van der Waals surface area contributed by atoms with Crippen molar-refractivity contribution in [2.24, 2.45) is 11.8 Å². The van der Waals surface area contributed by atoms with Crippen LogP contribution in [0.25, 0.3) is 23.3 Å². The summed E-state index contributed by atoms with van der Waals surface area (Å²) in [5.74, 6) is -0.792. The van der Waals surface area contributed by atoms with Gasteiger partial charge in [0.2, 0.25) is 0 Å². The number of nitrogens with one attached hydrogen (secondary N) is 2. The van der Waals surface area contributed by atoms with E-state index in [0.29, 0.717) is 41.4 Å². The van der Waals surface area contributed by atoms with E-state index in [4.69, 9.17) is 5.41 Å². The van der Waals surface area contributed by atoms with Crippen LogP contribution in [0.4, 0.5) is 28.4 Å². The topological polar surface area (TPSA) is 96.7 Å². The number of aliphatic carboxylic acids is 1. The summed E-state index contributed by atoms with van der Waals surface area (Å²) >= 11 is 0. The van der Waals surface area contributed by atoms with Crippen molar-refractivity contribution in [1.82, 2.24) is 0 Å². The molecule has 6 aromatic carbocycles. The summed E-state index contributed by atoms with van der Waals surface area (Å²) in [4.78, 5) is 31.7. The maximum absolute atomic E-state index is 14.0. The summed E-state index contributed by atoms with van der Waals surface area (Å²) in [5.41, 5.74) is 17.5. The molecule has 2 aliphatic heterocycles. The minimum atomic E-state index is -1.47. The highest BCUT2D eigenvalue weighted by atomic mass is 16.4. The molecule has 7 aliphatic rings. The number of para-hydroxylation sites is 1. The second-order valence-electron chi connectivity index (χ2n) is 22.9. The van der Waals surface area contributed by atoms with Crippen LogP contribution >= 0.6 is 0 Å². The monoisotopic (exact) mass is 1070 g/mol. The molecule has 2 heterocycles. The molecule has 3 N–H and O–H groups in total. The van der Waals surface area contributed by atoms with E-state index in [1.807, 2.05) is 12.1 Å². The van der Waals surface area contributed by atoms with Gasteiger partial charge in [-0.3, -0.25) is 10.2 Å². The number of hydrogen-bond donors (Lipinski definition) is 3. The Morgan fingerprint density at radius 2 is 1.11 bits per heavy atom. The number of allylic oxidation sites excluding steroid dienone is 16. The number of carboxylic acids is 1. The van der Waals surface area contributed by atoms with E-state index in [1.54, 1.807) is 24.3 Å². The number of rotatable bonds is 15. The Labute approximate surface area is 482 Å². The number of nitrogens with zero attached hydrogens (tertiary/aromatic N) is 2. The molecular formula is C75H68N4O3. The summed E-state index contributed by atoms with van der Waals surface area (Å²) in [6, 6.07) is 52.2. The van der Waals surface area contributed by atoms with Gasteiger partial charge < -0.3 is 20.2 Å². The maximum atomic E-state index is 14.0. The number of anilines is 5. The molecular weight excluding hydrogens is 1000 g/mol. The molecule has 0 aromatic heterocycles. The van der Waals surface area contributed by atoms with Crippen molar-refractivity contribution in [3.05, 3.63) is 280 Å². The molecule has 2 fully saturated rings. The normalized spacial score (nSPS) is 22.7. The highest BCUT2D eigenvalue weighted by molar-refractivity contribution is 6.48. The minimum absolute atomic E-state index is 0.230. The second-order valence-corrected chi connectivity index (χ2v) is 22.9. The zero-order valence-electron chi connectivity index (χ0n) is 46.2. The highest BCUT2D eigenvalue weighted by Gasteiger charge is 2.44. The molecule has 6 atom stereocenters. The van der Waals surface area contributed by atoms with Gasteiger partial charge in [-0.15, -0.1) is 0 Å². The molecule has 82 heavy (non-hydrogen) atoms. The van der Waals surface area contributed by atoms with Crippen LogP contribution in [0.2, 0.25) is 0 Å². The average molecular weight is 1070 g/mol. The molecule has 0 bridgehead atoms. The van der Waals surface area contributed by atoms with E-state index in [-0.39, 0.29) is 5.57 Å². The molecule has 0 radical (unpaired) electrons. The second kappa shape index (κ2) is 23.2. The first-order valence-electron chi connectivity index (χ1n) is 29.5. The first kappa shape index (κ1) is 52.3. The Morgan fingerprint density at radius 3 is 1.63 bits per heavy atom. The lowest BCUT2D eigenvalue weighted by atomic mass is 9.83. The lowest BCUT2D eigenvalue weighted by molar-refractivity contribution is -0.129. The molecule has 0 saturated heterocycles. The van der Waals surface area contributed by atoms with E-state index in [9.17, 15) is 14.7 Å². The third kappa shape index (κ3) is 10.5. The smallest absolute Gasteiger partial charge is 0.354 e. The molecule has 0 spiro atoms. The number of carbonyl (C=O) groups is 2. The van der Waals surface area contributed by atoms with E-state index in [1.165, 1.54) is 73.4 Å². The van der Waals surface area contributed by atoms with Crippen molar-refractivity contribution in [3.8, 4) is 0 Å². The lowest BCUT2D eigenvalue weighted by Crippen LogP contribution is -2.26. The van der Waals surface area contributed by atoms with E-state index in [0.717, 1.165) is 80.9 Å². The fourth-order valence-electron chi connectivity index (χ4n) is 14.1. The number of fused-ring (bicyclic) bond motifs is 6. The van der Waals surface area contributed by atoms with Crippen LogP contribution in [0.3, 0.4) is 0 Å². The third-order valence-electron chi connectivity index (χ3n) is 18.0. The van der Waals surface area contributed by atoms with Crippen molar-refractivity contribution < 1.29 is 14.7 Å². The number of carboxylic acid groups (broad SMARTS) is 1. The van der Waals surface area contributed by atoms with Crippen molar-refractivity contribution in [2.45, 2.75) is 88.1 Å². The van der Waals surface area contributed by atoms with Crippen LogP contribution in [0.15, 0.2) is 241 Å². The van der Waals surface area contributed by atoms with Gasteiger partial charge in [-0.05, 0) is 179 Å². The zero-order chi connectivity index (χ0) is 55.5. The lowest BCUT2D eigenvalue weighted by Gasteiger charge is -2.27. The predicted molar refractivity (Wildman–Crippen MR) is 338 cm³/mol. The van der Waals surface area contributed by atoms with E-state index >= 15 is 0 Å². The molecule has 5 aliphatic carbocycles.